The van der Waals surface area contributed by atoms with Crippen molar-refractivity contribution in [2.75, 3.05) is 19.1 Å². The molecule has 6 nitrogen and oxygen atoms in total. The van der Waals surface area contributed by atoms with Crippen molar-refractivity contribution in [3.05, 3.63) is 65.4 Å². The van der Waals surface area contributed by atoms with Crippen molar-refractivity contribution in [1.82, 2.24) is 4.98 Å². The van der Waals surface area contributed by atoms with Crippen LogP contribution in [0.5, 0.6) is 5.75 Å². The van der Waals surface area contributed by atoms with Crippen molar-refractivity contribution < 1.29 is 9.47 Å². The molecule has 0 fully saturated rings. The minimum atomic E-state index is 0.341. The molecule has 6 heteroatoms. The summed E-state index contributed by atoms with van der Waals surface area (Å²) in [6, 6.07) is 11.5. The largest absolute Gasteiger partial charge is 0.490 e. The van der Waals surface area contributed by atoms with Gasteiger partial charge in [-0.05, 0) is 30.7 Å². The number of pyridine rings is 1. The molecule has 1 aromatic heterocycles. The molecule has 25 heavy (non-hydrogen) atoms. The molecule has 0 bridgehead atoms. The first kappa shape index (κ1) is 18.2. The van der Waals surface area contributed by atoms with Crippen molar-refractivity contribution in [3.8, 4) is 11.8 Å². The van der Waals surface area contributed by atoms with Gasteiger partial charge in [-0.1, -0.05) is 24.8 Å². The summed E-state index contributed by atoms with van der Waals surface area (Å²) in [6.45, 7) is 6.26. The van der Waals surface area contributed by atoms with E-state index in [0.717, 1.165) is 22.6 Å². The van der Waals surface area contributed by atoms with Crippen LogP contribution in [0.4, 0.5) is 5.82 Å². The highest BCUT2D eigenvalue weighted by atomic mass is 16.5. The van der Waals surface area contributed by atoms with Crippen molar-refractivity contribution in [1.29, 1.82) is 5.26 Å². The molecule has 2 rings (SSSR count). The molecular formula is C19H20N4O2. The highest BCUT2D eigenvalue weighted by Crippen LogP contribution is 2.19. The average molecular weight is 336 g/mol. The number of rotatable bonds is 8. The van der Waals surface area contributed by atoms with E-state index in [1.54, 1.807) is 19.4 Å². The molecule has 0 saturated heterocycles. The Morgan fingerprint density at radius 3 is 2.96 bits per heavy atom. The average Bonchev–Trinajstić information content (AvgIpc) is 2.60. The fourth-order valence-electron chi connectivity index (χ4n) is 2.22. The molecule has 0 aliphatic heterocycles. The molecule has 128 valence electrons. The number of anilines is 1. The number of hydrazone groups is 1. The van der Waals surface area contributed by atoms with E-state index in [2.05, 4.69) is 28.2 Å². The van der Waals surface area contributed by atoms with Gasteiger partial charge < -0.3 is 9.47 Å². The fourth-order valence-corrected chi connectivity index (χ4v) is 2.22. The van der Waals surface area contributed by atoms with Crippen molar-refractivity contribution in [3.63, 3.8) is 0 Å². The number of hydrogen-bond acceptors (Lipinski definition) is 6. The van der Waals surface area contributed by atoms with Crippen LogP contribution in [0.25, 0.3) is 0 Å². The third-order valence-corrected chi connectivity index (χ3v) is 3.25. The maximum absolute atomic E-state index is 9.39. The maximum Gasteiger partial charge on any atom is 0.164 e. The lowest BCUT2D eigenvalue weighted by Crippen LogP contribution is -2.03. The molecule has 0 atom stereocenters. The molecule has 1 heterocycles. The van der Waals surface area contributed by atoms with E-state index in [4.69, 9.17) is 9.47 Å². The summed E-state index contributed by atoms with van der Waals surface area (Å²) in [7, 11) is 1.59. The number of ether oxygens (including phenoxy) is 2. The van der Waals surface area contributed by atoms with E-state index in [1.807, 2.05) is 37.3 Å². The van der Waals surface area contributed by atoms with Gasteiger partial charge in [-0.25, -0.2) is 4.98 Å². The van der Waals surface area contributed by atoms with E-state index in [-0.39, 0.29) is 0 Å². The number of methoxy groups -OCH3 is 1. The van der Waals surface area contributed by atoms with Gasteiger partial charge in [0.25, 0.3) is 0 Å². The topological polar surface area (TPSA) is 79.5 Å². The molecule has 0 spiro atoms. The second-order valence-corrected chi connectivity index (χ2v) is 5.23. The zero-order valence-corrected chi connectivity index (χ0v) is 14.3. The Balaban J connectivity index is 2.17. The van der Waals surface area contributed by atoms with Gasteiger partial charge in [-0.2, -0.15) is 10.4 Å². The van der Waals surface area contributed by atoms with Crippen LogP contribution in [0.2, 0.25) is 0 Å². The highest BCUT2D eigenvalue weighted by molar-refractivity contribution is 5.80. The third kappa shape index (κ3) is 5.16. The van der Waals surface area contributed by atoms with Gasteiger partial charge in [0.15, 0.2) is 5.82 Å². The van der Waals surface area contributed by atoms with Crippen LogP contribution in [0.1, 0.15) is 22.4 Å². The summed E-state index contributed by atoms with van der Waals surface area (Å²) < 4.78 is 10.6. The second kappa shape index (κ2) is 9.21. The molecule has 0 unspecified atom stereocenters. The molecular weight excluding hydrogens is 316 g/mol. The van der Waals surface area contributed by atoms with E-state index in [0.29, 0.717) is 24.6 Å². The fraction of sp³-hybridized carbons (Fsp3) is 0.211. The Morgan fingerprint density at radius 2 is 2.24 bits per heavy atom. The van der Waals surface area contributed by atoms with Crippen molar-refractivity contribution >= 4 is 12.0 Å². The summed E-state index contributed by atoms with van der Waals surface area (Å²) in [5.41, 5.74) is 5.67. The van der Waals surface area contributed by atoms with Crippen LogP contribution in [0.15, 0.2) is 48.1 Å². The lowest BCUT2D eigenvalue weighted by Gasteiger charge is -2.09. The van der Waals surface area contributed by atoms with Gasteiger partial charge >= 0.3 is 0 Å². The number of nitriles is 1. The molecule has 0 aliphatic rings. The Morgan fingerprint density at radius 1 is 1.40 bits per heavy atom. The summed E-state index contributed by atoms with van der Waals surface area (Å²) in [4.78, 5) is 4.34. The predicted molar refractivity (Wildman–Crippen MR) is 97.8 cm³/mol. The Kier molecular flexibility index (Phi) is 6.69. The zero-order valence-electron chi connectivity index (χ0n) is 14.3. The molecule has 2 aromatic rings. The number of nitrogens with zero attached hydrogens (tertiary/aromatic N) is 3. The SMILES string of the molecule is C=CCOc1cccc(/C=N\Nc2nc(C)cc(COC)c2C#N)c1. The monoisotopic (exact) mass is 336 g/mol. The number of nitrogens with one attached hydrogen (secondary N) is 1. The number of benzene rings is 1. The smallest absolute Gasteiger partial charge is 0.164 e. The van der Waals surface area contributed by atoms with Crippen molar-refractivity contribution in [2.45, 2.75) is 13.5 Å². The van der Waals surface area contributed by atoms with Crippen LogP contribution >= 0.6 is 0 Å². The molecule has 1 aromatic carbocycles. The Labute approximate surface area is 147 Å². The third-order valence-electron chi connectivity index (χ3n) is 3.25. The van der Waals surface area contributed by atoms with Crippen molar-refractivity contribution in [2.24, 2.45) is 5.10 Å². The molecule has 0 aliphatic carbocycles. The zero-order chi connectivity index (χ0) is 18.1. The van der Waals surface area contributed by atoms with E-state index in [1.165, 1.54) is 0 Å². The van der Waals surface area contributed by atoms with E-state index in [9.17, 15) is 5.26 Å². The summed E-state index contributed by atoms with van der Waals surface area (Å²) in [5, 5.41) is 13.6. The van der Waals surface area contributed by atoms with E-state index < -0.39 is 0 Å². The van der Waals surface area contributed by atoms with Gasteiger partial charge in [0, 0.05) is 18.4 Å². The summed E-state index contributed by atoms with van der Waals surface area (Å²) in [5.74, 6) is 1.14. The lowest BCUT2D eigenvalue weighted by molar-refractivity contribution is 0.184. The van der Waals surface area contributed by atoms with Crippen LogP contribution in [0.3, 0.4) is 0 Å². The second-order valence-electron chi connectivity index (χ2n) is 5.23. The molecule has 0 radical (unpaired) electrons. The first-order valence-electron chi connectivity index (χ1n) is 7.70. The minimum Gasteiger partial charge on any atom is -0.490 e. The first-order valence-corrected chi connectivity index (χ1v) is 7.70. The Bertz CT molecular complexity index is 810. The molecule has 1 N–H and O–H groups in total. The maximum atomic E-state index is 9.39. The summed E-state index contributed by atoms with van der Waals surface area (Å²) in [6.07, 6.45) is 3.33. The van der Waals surface area contributed by atoms with Gasteiger partial charge in [-0.3, -0.25) is 5.43 Å². The normalized spacial score (nSPS) is 10.4. The van der Waals surface area contributed by atoms with Gasteiger partial charge in [-0.15, -0.1) is 0 Å². The Hall–Kier alpha value is -3.17. The van der Waals surface area contributed by atoms with Gasteiger partial charge in [0.05, 0.1) is 12.8 Å². The predicted octanol–water partition coefficient (Wildman–Crippen LogP) is 3.42. The lowest BCUT2D eigenvalue weighted by atomic mass is 10.1. The van der Waals surface area contributed by atoms with Gasteiger partial charge in [0.1, 0.15) is 24.0 Å². The molecule has 0 amide bonds. The quantitative estimate of drug-likeness (QED) is 0.454. The van der Waals surface area contributed by atoms with E-state index >= 15 is 0 Å². The van der Waals surface area contributed by atoms with Gasteiger partial charge in [0.2, 0.25) is 0 Å². The molecule has 0 saturated carbocycles. The van der Waals surface area contributed by atoms with Crippen LogP contribution in [-0.4, -0.2) is 24.9 Å². The van der Waals surface area contributed by atoms with Crippen LogP contribution in [-0.2, 0) is 11.3 Å². The van der Waals surface area contributed by atoms with Crippen LogP contribution < -0.4 is 10.2 Å². The minimum absolute atomic E-state index is 0.341. The number of hydrogen-bond donors (Lipinski definition) is 1. The number of aromatic nitrogens is 1. The first-order chi connectivity index (χ1) is 12.2. The van der Waals surface area contributed by atoms with Crippen LogP contribution in [0, 0.1) is 18.3 Å². The highest BCUT2D eigenvalue weighted by Gasteiger charge is 2.10. The summed E-state index contributed by atoms with van der Waals surface area (Å²) >= 11 is 0. The number of aryl methyl sites for hydroxylation is 1. The standard InChI is InChI=1S/C19H20N4O2/c1-4-8-25-17-7-5-6-15(10-17)12-21-23-19-18(11-20)16(13-24-3)9-14(2)22-19/h4-7,9-10,12H,1,8,13H2,2-3H3,(H,22,23)/b21-12-.